The Balaban J connectivity index is 0. The van der Waals surface area contributed by atoms with E-state index in [1.807, 2.05) is 0 Å². The van der Waals surface area contributed by atoms with E-state index in [0.29, 0.717) is 0 Å². The molecule has 52 valence electrons. The van der Waals surface area contributed by atoms with Crippen molar-refractivity contribution in [2.45, 2.75) is 6.18 Å². The maximum Gasteiger partial charge on any atom is 0.409 e. The summed E-state index contributed by atoms with van der Waals surface area (Å²) in [6, 6.07) is 0. The molecule has 0 aliphatic carbocycles. The number of halogens is 3. The van der Waals surface area contributed by atoms with Crippen molar-refractivity contribution in [3.63, 3.8) is 0 Å². The van der Waals surface area contributed by atoms with Crippen LogP contribution < -0.4 is 0 Å². The smallest absolute Gasteiger partial charge is 0.186 e. The molecule has 0 saturated carbocycles. The van der Waals surface area contributed by atoms with Gasteiger partial charge in [-0.05, 0) is 0 Å². The van der Waals surface area contributed by atoms with Gasteiger partial charge in [0.1, 0.15) is 0 Å². The molecule has 0 radical (unpaired) electrons. The highest BCUT2D eigenvalue weighted by Gasteiger charge is 2.19. The maximum atomic E-state index is 10.7. The summed E-state index contributed by atoms with van der Waals surface area (Å²) in [5.74, 6) is 0. The molecule has 2 nitrogen and oxygen atoms in total. The lowest BCUT2D eigenvalue weighted by Gasteiger charge is -1.91. The summed E-state index contributed by atoms with van der Waals surface area (Å²) in [6.45, 7) is 2.51. The van der Waals surface area contributed by atoms with E-state index >= 15 is 0 Å². The summed E-state index contributed by atoms with van der Waals surface area (Å²) < 4.78 is 32.0. The Hall–Kier alpha value is -1.09. The largest absolute Gasteiger partial charge is 0.409 e. The number of allylic oxidation sites excluding steroid dienone is 1. The van der Waals surface area contributed by atoms with Gasteiger partial charge in [0.15, 0.2) is 0 Å². The van der Waals surface area contributed by atoms with E-state index in [1.54, 1.807) is 0 Å². The van der Waals surface area contributed by atoms with E-state index in [9.17, 15) is 13.2 Å². The molecule has 0 aromatic rings. The second-order valence-corrected chi connectivity index (χ2v) is 0.829. The zero-order valence-corrected chi connectivity index (χ0v) is 4.23. The summed E-state index contributed by atoms with van der Waals surface area (Å²) in [5, 5.41) is 0. The zero-order chi connectivity index (χ0) is 7.91. The van der Waals surface area contributed by atoms with Gasteiger partial charge in [-0.1, -0.05) is 6.58 Å². The van der Waals surface area contributed by atoms with Gasteiger partial charge in [0, 0.05) is 6.08 Å². The van der Waals surface area contributed by atoms with Crippen LogP contribution >= 0.6 is 0 Å². The number of alkyl halides is 3. The minimum absolute atomic E-state index is 0.0625. The molecule has 0 saturated heterocycles. The van der Waals surface area contributed by atoms with E-state index in [2.05, 4.69) is 6.58 Å². The van der Waals surface area contributed by atoms with Crippen LogP contribution in [0.3, 0.4) is 0 Å². The Kier molecular flexibility index (Phi) is 6.07. The molecule has 0 aliphatic heterocycles. The number of hydrogen-bond donors (Lipinski definition) is 0. The molecule has 9 heavy (non-hydrogen) atoms. The minimum atomic E-state index is -4.19. The monoisotopic (exact) mass is 140 g/mol. The van der Waals surface area contributed by atoms with Crippen LogP contribution in [0.1, 0.15) is 0 Å². The molecule has 0 aromatic carbocycles. The number of carbonyl (C=O) groups excluding carboxylic acids is 2. The van der Waals surface area contributed by atoms with Crippen molar-refractivity contribution in [2.24, 2.45) is 0 Å². The summed E-state index contributed by atoms with van der Waals surface area (Å²) >= 11 is 0. The predicted octanol–water partition coefficient (Wildman–Crippen LogP) is 1.15. The lowest BCUT2D eigenvalue weighted by atomic mass is 10.6. The van der Waals surface area contributed by atoms with Crippen LogP contribution in [0.5, 0.6) is 0 Å². The third kappa shape index (κ3) is 45.7. The van der Waals surface area contributed by atoms with E-state index in [1.165, 1.54) is 0 Å². The van der Waals surface area contributed by atoms with Gasteiger partial charge >= 0.3 is 12.3 Å². The van der Waals surface area contributed by atoms with Crippen LogP contribution in [-0.2, 0) is 9.59 Å². The Morgan fingerprint density at radius 1 is 1.33 bits per heavy atom. The van der Waals surface area contributed by atoms with Crippen molar-refractivity contribution in [3.8, 4) is 0 Å². The van der Waals surface area contributed by atoms with Gasteiger partial charge in [-0.15, -0.1) is 0 Å². The van der Waals surface area contributed by atoms with Crippen LogP contribution in [0.2, 0.25) is 0 Å². The van der Waals surface area contributed by atoms with E-state index < -0.39 is 6.18 Å². The van der Waals surface area contributed by atoms with Gasteiger partial charge < -0.3 is 0 Å². The Morgan fingerprint density at radius 3 is 1.44 bits per heavy atom. The van der Waals surface area contributed by atoms with Crippen molar-refractivity contribution < 1.29 is 22.8 Å². The molecule has 0 spiro atoms. The van der Waals surface area contributed by atoms with Crippen molar-refractivity contribution in [3.05, 3.63) is 12.7 Å². The molecule has 0 N–H and O–H groups in total. The molecule has 0 aromatic heterocycles. The third-order valence-electron chi connectivity index (χ3n) is 0.231. The first kappa shape index (κ1) is 10.8. The lowest BCUT2D eigenvalue weighted by Crippen LogP contribution is -1.98. The van der Waals surface area contributed by atoms with Crippen molar-refractivity contribution in [2.75, 3.05) is 0 Å². The molecule has 0 atom stereocenters. The zero-order valence-electron chi connectivity index (χ0n) is 4.23. The van der Waals surface area contributed by atoms with Crippen LogP contribution in [0, 0.1) is 0 Å². The number of hydrogen-bond acceptors (Lipinski definition) is 2. The van der Waals surface area contributed by atoms with Crippen LogP contribution in [0.4, 0.5) is 13.2 Å². The van der Waals surface area contributed by atoms with Crippen LogP contribution in [0.15, 0.2) is 12.7 Å². The molecular formula is C4H3F3O2. The first-order chi connectivity index (χ1) is 3.97. The topological polar surface area (TPSA) is 34.1 Å². The van der Waals surface area contributed by atoms with Gasteiger partial charge in [-0.25, -0.2) is 0 Å². The summed E-state index contributed by atoms with van der Waals surface area (Å²) in [5.41, 5.74) is 0. The fourth-order valence-electron chi connectivity index (χ4n) is 0. The van der Waals surface area contributed by atoms with Gasteiger partial charge in [-0.3, -0.25) is 0 Å². The first-order valence-electron chi connectivity index (χ1n) is 1.67. The molecule has 0 unspecified atom stereocenters. The molecular weight excluding hydrogens is 137 g/mol. The summed E-state index contributed by atoms with van der Waals surface area (Å²) in [4.78, 5) is 16.2. The van der Waals surface area contributed by atoms with E-state index in [4.69, 9.17) is 9.59 Å². The molecule has 5 heteroatoms. The Bertz CT molecular complexity index is 109. The Morgan fingerprint density at radius 2 is 1.44 bits per heavy atom. The van der Waals surface area contributed by atoms with Crippen LogP contribution in [-0.4, -0.2) is 12.3 Å². The van der Waals surface area contributed by atoms with Gasteiger partial charge in [0.2, 0.25) is 0 Å². The number of rotatable bonds is 0. The second kappa shape index (κ2) is 5.05. The maximum absolute atomic E-state index is 10.7. The molecule has 0 aliphatic rings. The molecule has 0 amide bonds. The standard InChI is InChI=1S/C3H3F3.CO2/c1-2-3(4,5)6;2-1-3/h2H,1H2;. The first-order valence-corrected chi connectivity index (χ1v) is 1.67. The van der Waals surface area contributed by atoms with Gasteiger partial charge in [0.25, 0.3) is 0 Å². The highest BCUT2D eigenvalue weighted by atomic mass is 19.4. The SMILES string of the molecule is C=CC(F)(F)F.O=C=O. The summed E-state index contributed by atoms with van der Waals surface area (Å²) in [7, 11) is 0. The van der Waals surface area contributed by atoms with Gasteiger partial charge in [-0.2, -0.15) is 22.8 Å². The normalized spacial score (nSPS) is 8.33. The van der Waals surface area contributed by atoms with Crippen molar-refractivity contribution in [1.29, 1.82) is 0 Å². The molecule has 0 rings (SSSR count). The second-order valence-electron chi connectivity index (χ2n) is 0.829. The highest BCUT2D eigenvalue weighted by molar-refractivity contribution is 5.20. The van der Waals surface area contributed by atoms with Crippen molar-refractivity contribution >= 4 is 6.15 Å². The van der Waals surface area contributed by atoms with Gasteiger partial charge in [0.05, 0.1) is 0 Å². The molecule has 0 bridgehead atoms. The third-order valence-corrected chi connectivity index (χ3v) is 0.231. The fraction of sp³-hybridized carbons (Fsp3) is 0.250. The average molecular weight is 140 g/mol. The van der Waals surface area contributed by atoms with Crippen LogP contribution in [0.25, 0.3) is 0 Å². The molecule has 0 fully saturated rings. The average Bonchev–Trinajstić information content (AvgIpc) is 1.67. The quantitative estimate of drug-likeness (QED) is 0.473. The predicted molar refractivity (Wildman–Crippen MR) is 21.3 cm³/mol. The minimum Gasteiger partial charge on any atom is -0.186 e. The highest BCUT2D eigenvalue weighted by Crippen LogP contribution is 2.13. The van der Waals surface area contributed by atoms with E-state index in [-0.39, 0.29) is 12.2 Å². The summed E-state index contributed by atoms with van der Waals surface area (Å²) in [6.07, 6.45) is -4.01. The fourth-order valence-corrected chi connectivity index (χ4v) is 0. The molecule has 0 heterocycles. The lowest BCUT2D eigenvalue weighted by molar-refractivity contribution is -0.191. The van der Waals surface area contributed by atoms with Crippen molar-refractivity contribution in [1.82, 2.24) is 0 Å². The Labute approximate surface area is 49.0 Å². The van der Waals surface area contributed by atoms with E-state index in [0.717, 1.165) is 0 Å².